The van der Waals surface area contributed by atoms with Crippen LogP contribution in [0.4, 0.5) is 0 Å². The number of carbonyl (C=O) groups excluding carboxylic acids is 1. The van der Waals surface area contributed by atoms with Gasteiger partial charge in [-0.3, -0.25) is 4.79 Å². The molecule has 4 heteroatoms. The van der Waals surface area contributed by atoms with Crippen molar-refractivity contribution in [1.29, 1.82) is 0 Å². The molecule has 1 saturated carbocycles. The summed E-state index contributed by atoms with van der Waals surface area (Å²) in [6, 6.07) is 10.3. The molecule has 140 valence electrons. The summed E-state index contributed by atoms with van der Waals surface area (Å²) in [5.41, 5.74) is 0.619. The third-order valence-electron chi connectivity index (χ3n) is 6.36. The van der Waals surface area contributed by atoms with E-state index in [-0.39, 0.29) is 29.1 Å². The van der Waals surface area contributed by atoms with Crippen molar-refractivity contribution in [2.75, 3.05) is 27.2 Å². The van der Waals surface area contributed by atoms with Gasteiger partial charge in [-0.1, -0.05) is 43.2 Å². The number of likely N-dealkylation sites (tertiary alicyclic amines) is 1. The van der Waals surface area contributed by atoms with Crippen LogP contribution in [0.3, 0.4) is 0 Å². The number of nitrogens with zero attached hydrogens (tertiary/aromatic N) is 1. The minimum atomic E-state index is -0.500. The zero-order valence-electron chi connectivity index (χ0n) is 15.8. The third-order valence-corrected chi connectivity index (χ3v) is 6.36. The summed E-state index contributed by atoms with van der Waals surface area (Å²) in [6.45, 7) is 4.29. The van der Waals surface area contributed by atoms with Gasteiger partial charge in [0.1, 0.15) is 6.10 Å². The molecule has 0 radical (unpaired) electrons. The highest BCUT2D eigenvalue weighted by molar-refractivity contribution is 5.83. The Bertz CT molecular complexity index is 559. The summed E-state index contributed by atoms with van der Waals surface area (Å²) in [5, 5.41) is 0. The fraction of sp³-hybridized carbons (Fsp3) is 0.667. The lowest BCUT2D eigenvalue weighted by Crippen LogP contribution is -3.00. The summed E-state index contributed by atoms with van der Waals surface area (Å²) < 4.78 is 7.10. The minimum absolute atomic E-state index is 0. The molecule has 0 spiro atoms. The molecule has 1 heterocycles. The number of piperidine rings is 1. The second-order valence-corrected chi connectivity index (χ2v) is 8.54. The number of ether oxygens (including phenoxy) is 1. The van der Waals surface area contributed by atoms with Gasteiger partial charge >= 0.3 is 5.97 Å². The van der Waals surface area contributed by atoms with Crippen LogP contribution in [0.25, 0.3) is 0 Å². The van der Waals surface area contributed by atoms with Crippen LogP contribution in [0.15, 0.2) is 30.3 Å². The fourth-order valence-corrected chi connectivity index (χ4v) is 4.44. The number of hydrogen-bond donors (Lipinski definition) is 0. The number of esters is 1. The predicted octanol–water partition coefficient (Wildman–Crippen LogP) is 0.921. The molecule has 3 rings (SSSR count). The predicted molar refractivity (Wildman–Crippen MR) is 96.7 cm³/mol. The quantitative estimate of drug-likeness (QED) is 0.545. The van der Waals surface area contributed by atoms with Crippen LogP contribution in [0.1, 0.15) is 51.0 Å². The Hall–Kier alpha value is -0.870. The van der Waals surface area contributed by atoms with Crippen molar-refractivity contribution in [2.24, 2.45) is 5.92 Å². The van der Waals surface area contributed by atoms with E-state index in [2.05, 4.69) is 33.2 Å². The first-order valence-electron chi connectivity index (χ1n) is 9.50. The molecule has 1 aliphatic carbocycles. The Morgan fingerprint density at radius 2 is 1.60 bits per heavy atom. The van der Waals surface area contributed by atoms with Crippen molar-refractivity contribution >= 4 is 5.97 Å². The molecule has 2 aliphatic rings. The van der Waals surface area contributed by atoms with E-state index in [0.29, 0.717) is 5.92 Å². The van der Waals surface area contributed by atoms with Crippen LogP contribution >= 0.6 is 0 Å². The monoisotopic (exact) mass is 409 g/mol. The summed E-state index contributed by atoms with van der Waals surface area (Å²) in [4.78, 5) is 13.3. The van der Waals surface area contributed by atoms with Crippen molar-refractivity contribution in [3.05, 3.63) is 35.9 Å². The van der Waals surface area contributed by atoms with E-state index in [4.69, 9.17) is 4.74 Å². The average Bonchev–Trinajstić information content (AvgIpc) is 3.12. The fourth-order valence-electron chi connectivity index (χ4n) is 4.44. The molecule has 1 saturated heterocycles. The maximum Gasteiger partial charge on any atom is 0.316 e. The van der Waals surface area contributed by atoms with Gasteiger partial charge < -0.3 is 26.2 Å². The van der Waals surface area contributed by atoms with Crippen molar-refractivity contribution in [3.63, 3.8) is 0 Å². The summed E-state index contributed by atoms with van der Waals surface area (Å²) in [6.07, 6.45) is 6.78. The van der Waals surface area contributed by atoms with Gasteiger partial charge in [0.2, 0.25) is 0 Å². The van der Waals surface area contributed by atoms with Crippen LogP contribution in [-0.4, -0.2) is 43.7 Å². The van der Waals surface area contributed by atoms with Crippen molar-refractivity contribution < 1.29 is 31.0 Å². The Balaban J connectivity index is 0.00000225. The largest absolute Gasteiger partial charge is 1.00 e. The van der Waals surface area contributed by atoms with Crippen molar-refractivity contribution in [2.45, 2.75) is 57.0 Å². The van der Waals surface area contributed by atoms with Gasteiger partial charge in [-0.25, -0.2) is 0 Å². The lowest BCUT2D eigenvalue weighted by Gasteiger charge is -2.39. The van der Waals surface area contributed by atoms with Crippen molar-refractivity contribution in [1.82, 2.24) is 0 Å². The van der Waals surface area contributed by atoms with Gasteiger partial charge in [-0.2, -0.15) is 0 Å². The van der Waals surface area contributed by atoms with E-state index in [1.165, 1.54) is 12.8 Å². The van der Waals surface area contributed by atoms with Gasteiger partial charge in [-0.15, -0.1) is 0 Å². The maximum atomic E-state index is 13.3. The minimum Gasteiger partial charge on any atom is -1.00 e. The molecule has 1 aromatic carbocycles. The van der Waals surface area contributed by atoms with Gasteiger partial charge in [0, 0.05) is 12.8 Å². The topological polar surface area (TPSA) is 26.3 Å². The molecule has 1 aliphatic heterocycles. The molecule has 25 heavy (non-hydrogen) atoms. The highest BCUT2D eigenvalue weighted by Crippen LogP contribution is 2.43. The zero-order chi connectivity index (χ0) is 17.2. The smallest absolute Gasteiger partial charge is 0.316 e. The van der Waals surface area contributed by atoms with E-state index < -0.39 is 5.41 Å². The second kappa shape index (κ2) is 8.22. The van der Waals surface area contributed by atoms with E-state index in [1.54, 1.807) is 0 Å². The Morgan fingerprint density at radius 3 is 2.16 bits per heavy atom. The van der Waals surface area contributed by atoms with E-state index in [1.807, 2.05) is 18.2 Å². The Morgan fingerprint density at radius 1 is 1.04 bits per heavy atom. The molecular formula is C21H32BrNO2. The first kappa shape index (κ1) is 20.4. The van der Waals surface area contributed by atoms with Crippen LogP contribution in [0.5, 0.6) is 0 Å². The Kier molecular flexibility index (Phi) is 6.72. The van der Waals surface area contributed by atoms with E-state index in [0.717, 1.165) is 48.8 Å². The van der Waals surface area contributed by atoms with E-state index >= 15 is 0 Å². The first-order chi connectivity index (χ1) is 11.4. The molecule has 1 aromatic rings. The number of rotatable bonds is 4. The van der Waals surface area contributed by atoms with E-state index in [9.17, 15) is 4.79 Å². The molecule has 3 nitrogen and oxygen atoms in total. The molecule has 0 amide bonds. The molecule has 0 aromatic heterocycles. The van der Waals surface area contributed by atoms with Gasteiger partial charge in [0.05, 0.1) is 32.6 Å². The molecule has 0 unspecified atom stereocenters. The van der Waals surface area contributed by atoms with Crippen LogP contribution in [0.2, 0.25) is 0 Å². The molecule has 1 atom stereocenters. The zero-order valence-corrected chi connectivity index (χ0v) is 17.4. The number of benzene rings is 1. The number of hydrogen-bond acceptors (Lipinski definition) is 2. The first-order valence-corrected chi connectivity index (χ1v) is 9.50. The molecule has 0 N–H and O–H groups in total. The summed E-state index contributed by atoms with van der Waals surface area (Å²) >= 11 is 0. The summed E-state index contributed by atoms with van der Waals surface area (Å²) in [7, 11) is 4.51. The Labute approximate surface area is 163 Å². The number of carbonyl (C=O) groups is 1. The number of quaternary nitrogens is 1. The van der Waals surface area contributed by atoms with Gasteiger partial charge in [0.15, 0.2) is 0 Å². The second-order valence-electron chi connectivity index (χ2n) is 8.54. The van der Waals surface area contributed by atoms with Crippen molar-refractivity contribution in [3.8, 4) is 0 Å². The van der Waals surface area contributed by atoms with Crippen LogP contribution < -0.4 is 17.0 Å². The lowest BCUT2D eigenvalue weighted by atomic mass is 9.71. The number of halogens is 1. The maximum absolute atomic E-state index is 13.3. The summed E-state index contributed by atoms with van der Waals surface area (Å²) in [5.74, 6) is 0.404. The SMILES string of the molecule is C[C@@](C(=O)OC1CC[N+](C)(C)CC1)(c1ccccc1)C1CCCC1.[Br-]. The standard InChI is InChI=1S/C21H32NO2.BrH/c1-21(18-11-7-8-12-18,17-9-5-4-6-10-17)20(23)24-19-13-15-22(2,3)16-14-19;/h4-6,9-10,18-19H,7-8,11-16H2,1-3H3;1H/q+1;/p-1/t21-;/m1./s1. The van der Waals surface area contributed by atoms with Gasteiger partial charge in [0.25, 0.3) is 0 Å². The highest BCUT2D eigenvalue weighted by atomic mass is 79.9. The lowest BCUT2D eigenvalue weighted by molar-refractivity contribution is -0.896. The molecule has 2 fully saturated rings. The molecule has 0 bridgehead atoms. The normalized spacial score (nSPS) is 23.5. The van der Waals surface area contributed by atoms with Gasteiger partial charge in [-0.05, 0) is 31.2 Å². The highest BCUT2D eigenvalue weighted by Gasteiger charge is 2.46. The molecular weight excluding hydrogens is 378 g/mol. The average molecular weight is 410 g/mol. The van der Waals surface area contributed by atoms with Crippen LogP contribution in [0, 0.1) is 5.92 Å². The van der Waals surface area contributed by atoms with Crippen LogP contribution in [-0.2, 0) is 14.9 Å². The third kappa shape index (κ3) is 4.46.